The highest BCUT2D eigenvalue weighted by molar-refractivity contribution is 5.71. The van der Waals surface area contributed by atoms with Gasteiger partial charge < -0.3 is 4.74 Å². The molecular formula is C16H18O. The average Bonchev–Trinajstić information content (AvgIpc) is 2.28. The van der Waals surface area contributed by atoms with E-state index < -0.39 is 0 Å². The van der Waals surface area contributed by atoms with E-state index in [1.807, 2.05) is 6.07 Å². The van der Waals surface area contributed by atoms with Gasteiger partial charge in [-0.15, -0.1) is 0 Å². The molecule has 1 aromatic carbocycles. The molecule has 0 aromatic heterocycles. The molecule has 1 aliphatic rings. The summed E-state index contributed by atoms with van der Waals surface area (Å²) in [5, 5.41) is 0. The second kappa shape index (κ2) is 4.62. The molecule has 1 aliphatic heterocycles. The lowest BCUT2D eigenvalue weighted by Crippen LogP contribution is -2.06. The van der Waals surface area contributed by atoms with Crippen LogP contribution in [0, 0.1) is 6.92 Å². The summed E-state index contributed by atoms with van der Waals surface area (Å²) >= 11 is 0. The summed E-state index contributed by atoms with van der Waals surface area (Å²) in [7, 11) is 0. The smallest absolute Gasteiger partial charge is 0.134 e. The number of fused-ring (bicyclic) bond motifs is 1. The van der Waals surface area contributed by atoms with Crippen molar-refractivity contribution >= 4 is 6.08 Å². The SMILES string of the molecule is C=C(CCC)C1=Cc2ccc(C)cc2OC1=C. The van der Waals surface area contributed by atoms with Gasteiger partial charge in [0.05, 0.1) is 0 Å². The zero-order valence-corrected chi connectivity index (χ0v) is 10.5. The minimum absolute atomic E-state index is 0.710. The predicted molar refractivity (Wildman–Crippen MR) is 73.0 cm³/mol. The molecule has 0 atom stereocenters. The molecule has 0 aliphatic carbocycles. The van der Waals surface area contributed by atoms with Gasteiger partial charge >= 0.3 is 0 Å². The van der Waals surface area contributed by atoms with Crippen LogP contribution in [0.4, 0.5) is 0 Å². The van der Waals surface area contributed by atoms with E-state index in [0.29, 0.717) is 5.76 Å². The maximum atomic E-state index is 5.77. The van der Waals surface area contributed by atoms with Gasteiger partial charge in [-0.25, -0.2) is 0 Å². The van der Waals surface area contributed by atoms with Crippen LogP contribution < -0.4 is 4.74 Å². The Morgan fingerprint density at radius 1 is 1.35 bits per heavy atom. The lowest BCUT2D eigenvalue weighted by atomic mass is 9.96. The van der Waals surface area contributed by atoms with E-state index in [4.69, 9.17) is 4.74 Å². The van der Waals surface area contributed by atoms with E-state index in [1.165, 1.54) is 5.56 Å². The van der Waals surface area contributed by atoms with Crippen LogP contribution in [0.25, 0.3) is 6.08 Å². The Labute approximate surface area is 103 Å². The van der Waals surface area contributed by atoms with Crippen molar-refractivity contribution in [3.8, 4) is 5.75 Å². The van der Waals surface area contributed by atoms with Crippen molar-refractivity contribution in [1.29, 1.82) is 0 Å². The third kappa shape index (κ3) is 2.33. The van der Waals surface area contributed by atoms with Gasteiger partial charge in [0, 0.05) is 11.1 Å². The predicted octanol–water partition coefficient (Wildman–Crippen LogP) is 4.64. The van der Waals surface area contributed by atoms with Crippen LogP contribution in [-0.4, -0.2) is 0 Å². The Morgan fingerprint density at radius 2 is 2.12 bits per heavy atom. The van der Waals surface area contributed by atoms with Crippen LogP contribution >= 0.6 is 0 Å². The highest BCUT2D eigenvalue weighted by Crippen LogP contribution is 2.35. The standard InChI is InChI=1S/C16H18O/c1-5-6-12(3)15-10-14-8-7-11(2)9-16(14)17-13(15)4/h7-10H,3-6H2,1-2H3. The van der Waals surface area contributed by atoms with Crippen LogP contribution in [0.5, 0.6) is 5.75 Å². The molecule has 88 valence electrons. The number of rotatable bonds is 3. The Balaban J connectivity index is 2.39. The quantitative estimate of drug-likeness (QED) is 0.729. The molecule has 0 spiro atoms. The lowest BCUT2D eigenvalue weighted by molar-refractivity contribution is 0.434. The van der Waals surface area contributed by atoms with Crippen molar-refractivity contribution < 1.29 is 4.74 Å². The van der Waals surface area contributed by atoms with Crippen LogP contribution in [0.2, 0.25) is 0 Å². The molecule has 1 heterocycles. The van der Waals surface area contributed by atoms with Crippen molar-refractivity contribution in [3.05, 3.63) is 59.4 Å². The van der Waals surface area contributed by atoms with E-state index in [9.17, 15) is 0 Å². The van der Waals surface area contributed by atoms with Gasteiger partial charge in [0.15, 0.2) is 0 Å². The molecule has 0 fully saturated rings. The fourth-order valence-electron chi connectivity index (χ4n) is 2.01. The van der Waals surface area contributed by atoms with Gasteiger partial charge in [-0.05, 0) is 36.6 Å². The van der Waals surface area contributed by atoms with Crippen molar-refractivity contribution in [2.24, 2.45) is 0 Å². The first kappa shape index (κ1) is 11.7. The van der Waals surface area contributed by atoms with Crippen LogP contribution in [0.3, 0.4) is 0 Å². The monoisotopic (exact) mass is 226 g/mol. The summed E-state index contributed by atoms with van der Waals surface area (Å²) in [5.41, 5.74) is 4.45. The summed E-state index contributed by atoms with van der Waals surface area (Å²) in [6.45, 7) is 12.3. The van der Waals surface area contributed by atoms with Crippen molar-refractivity contribution in [3.63, 3.8) is 0 Å². The number of ether oxygens (including phenoxy) is 1. The third-order valence-electron chi connectivity index (χ3n) is 2.94. The molecule has 1 aromatic rings. The molecule has 0 saturated heterocycles. The number of hydrogen-bond donors (Lipinski definition) is 0. The fourth-order valence-corrected chi connectivity index (χ4v) is 2.01. The first-order valence-corrected chi connectivity index (χ1v) is 5.99. The number of hydrogen-bond acceptors (Lipinski definition) is 1. The second-order valence-electron chi connectivity index (χ2n) is 4.48. The molecule has 0 unspecified atom stereocenters. The molecule has 0 N–H and O–H groups in total. The lowest BCUT2D eigenvalue weighted by Gasteiger charge is -2.21. The number of allylic oxidation sites excluding steroid dienone is 1. The summed E-state index contributed by atoms with van der Waals surface area (Å²) in [6, 6.07) is 6.21. The van der Waals surface area contributed by atoms with Crippen LogP contribution in [0.1, 0.15) is 30.9 Å². The molecule has 17 heavy (non-hydrogen) atoms. The molecule has 0 radical (unpaired) electrons. The Hall–Kier alpha value is -1.76. The maximum Gasteiger partial charge on any atom is 0.134 e. The molecule has 1 heteroatoms. The summed E-state index contributed by atoms with van der Waals surface area (Å²) in [5.74, 6) is 1.60. The van der Waals surface area contributed by atoms with Gasteiger partial charge in [-0.1, -0.05) is 38.6 Å². The van der Waals surface area contributed by atoms with E-state index >= 15 is 0 Å². The van der Waals surface area contributed by atoms with Crippen molar-refractivity contribution in [2.45, 2.75) is 26.7 Å². The Morgan fingerprint density at radius 3 is 2.82 bits per heavy atom. The molecular weight excluding hydrogens is 208 g/mol. The summed E-state index contributed by atoms with van der Waals surface area (Å²) in [4.78, 5) is 0. The highest BCUT2D eigenvalue weighted by atomic mass is 16.5. The summed E-state index contributed by atoms with van der Waals surface area (Å²) in [6.07, 6.45) is 4.19. The Bertz CT molecular complexity index is 506. The zero-order valence-electron chi connectivity index (χ0n) is 10.5. The van der Waals surface area contributed by atoms with Crippen LogP contribution in [0.15, 0.2) is 48.3 Å². The van der Waals surface area contributed by atoms with Gasteiger partial charge in [0.1, 0.15) is 11.5 Å². The fraction of sp³-hybridized carbons (Fsp3) is 0.250. The van der Waals surface area contributed by atoms with Gasteiger partial charge in [0.25, 0.3) is 0 Å². The first-order valence-electron chi connectivity index (χ1n) is 5.99. The van der Waals surface area contributed by atoms with Crippen LogP contribution in [-0.2, 0) is 0 Å². The minimum atomic E-state index is 0.710. The molecule has 1 nitrogen and oxygen atoms in total. The molecule has 2 rings (SSSR count). The largest absolute Gasteiger partial charge is 0.457 e. The zero-order chi connectivity index (χ0) is 12.4. The van der Waals surface area contributed by atoms with Gasteiger partial charge in [0.2, 0.25) is 0 Å². The molecule has 0 amide bonds. The average molecular weight is 226 g/mol. The topological polar surface area (TPSA) is 9.23 Å². The molecule has 0 bridgehead atoms. The Kier molecular flexibility index (Phi) is 3.19. The number of aryl methyl sites for hydroxylation is 1. The van der Waals surface area contributed by atoms with Crippen molar-refractivity contribution in [2.75, 3.05) is 0 Å². The maximum absolute atomic E-state index is 5.77. The van der Waals surface area contributed by atoms with E-state index in [-0.39, 0.29) is 0 Å². The number of benzene rings is 1. The summed E-state index contributed by atoms with van der Waals surface area (Å²) < 4.78 is 5.77. The first-order chi connectivity index (χ1) is 8.11. The third-order valence-corrected chi connectivity index (χ3v) is 2.94. The van der Waals surface area contributed by atoms with Gasteiger partial charge in [-0.2, -0.15) is 0 Å². The van der Waals surface area contributed by atoms with Gasteiger partial charge in [-0.3, -0.25) is 0 Å². The highest BCUT2D eigenvalue weighted by Gasteiger charge is 2.17. The normalized spacial score (nSPS) is 13.8. The van der Waals surface area contributed by atoms with E-state index in [0.717, 1.165) is 35.3 Å². The minimum Gasteiger partial charge on any atom is -0.457 e. The van der Waals surface area contributed by atoms with Crippen molar-refractivity contribution in [1.82, 2.24) is 0 Å². The van der Waals surface area contributed by atoms with E-state index in [1.54, 1.807) is 0 Å². The molecule has 0 saturated carbocycles. The van der Waals surface area contributed by atoms with E-state index in [2.05, 4.69) is 45.2 Å². The second-order valence-corrected chi connectivity index (χ2v) is 4.48.